The quantitative estimate of drug-likeness (QED) is 0.206. The zero-order valence-corrected chi connectivity index (χ0v) is 21.8. The van der Waals surface area contributed by atoms with Crippen LogP contribution < -0.4 is 16.4 Å². The van der Waals surface area contributed by atoms with Crippen molar-refractivity contribution in [1.29, 1.82) is 0 Å². The summed E-state index contributed by atoms with van der Waals surface area (Å²) >= 11 is 0. The fourth-order valence-electron chi connectivity index (χ4n) is 7.63. The number of likely N-dealkylation sites (N-methyl/N-ethyl adjacent to an activating group) is 1. The third kappa shape index (κ3) is 3.04. The summed E-state index contributed by atoms with van der Waals surface area (Å²) in [5.74, 6) is -8.20. The monoisotopic (exact) mass is 542 g/mol. The number of aliphatic hydroxyl groups excluding tert-OH is 2. The van der Waals surface area contributed by atoms with Gasteiger partial charge in [-0.1, -0.05) is 6.92 Å². The zero-order chi connectivity index (χ0) is 28.3. The van der Waals surface area contributed by atoms with E-state index in [9.17, 15) is 34.8 Å². The van der Waals surface area contributed by atoms with E-state index in [1.165, 1.54) is 19.0 Å². The first-order valence-electron chi connectivity index (χ1n) is 12.9. The number of ketones is 2. The lowest BCUT2D eigenvalue weighted by atomic mass is 9.57. The smallest absolute Gasteiger partial charge is 0.255 e. The van der Waals surface area contributed by atoms with Crippen molar-refractivity contribution in [2.24, 2.45) is 23.0 Å². The van der Waals surface area contributed by atoms with Crippen LogP contribution in [0.1, 0.15) is 42.5 Å². The number of Topliss-reactive ketones (excluding diaryl/α,β-unsaturated/α-hetero) is 2. The number of primary amides is 1. The fourth-order valence-corrected chi connectivity index (χ4v) is 7.63. The first-order chi connectivity index (χ1) is 18.3. The number of hydrogen-bond acceptors (Lipinski definition) is 10. The molecule has 2 fully saturated rings. The lowest BCUT2D eigenvalue weighted by molar-refractivity contribution is -0.153. The van der Waals surface area contributed by atoms with Gasteiger partial charge in [0.05, 0.1) is 17.3 Å². The highest BCUT2D eigenvalue weighted by Crippen LogP contribution is 2.57. The minimum absolute atomic E-state index is 0.0385. The second-order valence-electron chi connectivity index (χ2n) is 11.9. The van der Waals surface area contributed by atoms with Gasteiger partial charge in [-0.15, -0.1) is 0 Å². The first-order valence-corrected chi connectivity index (χ1v) is 12.9. The van der Waals surface area contributed by atoms with Crippen molar-refractivity contribution >= 4 is 28.9 Å². The van der Waals surface area contributed by atoms with Crippen molar-refractivity contribution in [2.75, 3.05) is 32.5 Å². The van der Waals surface area contributed by atoms with E-state index in [1.807, 2.05) is 6.92 Å². The van der Waals surface area contributed by atoms with Crippen LogP contribution in [0.5, 0.6) is 5.75 Å². The van der Waals surface area contributed by atoms with Crippen molar-refractivity contribution in [3.63, 3.8) is 0 Å². The third-order valence-electron chi connectivity index (χ3n) is 9.56. The van der Waals surface area contributed by atoms with Crippen molar-refractivity contribution < 1.29 is 39.2 Å². The van der Waals surface area contributed by atoms with Gasteiger partial charge in [0.1, 0.15) is 28.7 Å². The van der Waals surface area contributed by atoms with Gasteiger partial charge >= 0.3 is 0 Å². The molecule has 1 aromatic carbocycles. The number of rotatable bonds is 2. The molecule has 0 radical (unpaired) electrons. The van der Waals surface area contributed by atoms with E-state index in [2.05, 4.69) is 10.6 Å². The molecule has 1 saturated carbocycles. The summed E-state index contributed by atoms with van der Waals surface area (Å²) in [6, 6.07) is -1.56. The number of hydrogen-bond donors (Lipinski definition) is 7. The molecule has 2 heterocycles. The van der Waals surface area contributed by atoms with Gasteiger partial charge in [-0.3, -0.25) is 19.3 Å². The minimum atomic E-state index is -2.74. The Kier molecular flexibility index (Phi) is 5.30. The van der Waals surface area contributed by atoms with Gasteiger partial charge in [0.15, 0.2) is 11.4 Å². The average Bonchev–Trinajstić information content (AvgIpc) is 3.25. The Hall–Kier alpha value is -3.48. The number of halogens is 1. The highest BCUT2D eigenvalue weighted by Gasteiger charge is 2.64. The summed E-state index contributed by atoms with van der Waals surface area (Å²) in [4.78, 5) is 40.6. The van der Waals surface area contributed by atoms with Crippen LogP contribution in [0.3, 0.4) is 0 Å². The van der Waals surface area contributed by atoms with E-state index >= 15 is 4.39 Å². The number of aliphatic hydroxyl groups is 3. The summed E-state index contributed by atoms with van der Waals surface area (Å²) in [6.45, 7) is 3.16. The van der Waals surface area contributed by atoms with Crippen molar-refractivity contribution in [1.82, 2.24) is 10.2 Å². The maximum absolute atomic E-state index is 16.3. The predicted molar refractivity (Wildman–Crippen MR) is 136 cm³/mol. The second-order valence-corrected chi connectivity index (χ2v) is 11.9. The Balaban J connectivity index is 1.56. The molecule has 208 valence electrons. The third-order valence-corrected chi connectivity index (χ3v) is 9.56. The first kappa shape index (κ1) is 25.8. The minimum Gasteiger partial charge on any atom is -0.508 e. The summed E-state index contributed by atoms with van der Waals surface area (Å²) in [5, 5.41) is 51.7. The Morgan fingerprint density at radius 1 is 1.21 bits per heavy atom. The van der Waals surface area contributed by atoms with Gasteiger partial charge in [-0.25, -0.2) is 4.39 Å². The predicted octanol–water partition coefficient (Wildman–Crippen LogP) is 0.569. The molecule has 12 heteroatoms. The maximum Gasteiger partial charge on any atom is 0.255 e. The number of nitrogens with one attached hydrogen (secondary N) is 2. The molecule has 0 unspecified atom stereocenters. The van der Waals surface area contributed by atoms with Crippen LogP contribution >= 0.6 is 0 Å². The molecule has 0 spiro atoms. The van der Waals surface area contributed by atoms with E-state index in [0.29, 0.717) is 13.1 Å². The summed E-state index contributed by atoms with van der Waals surface area (Å²) < 4.78 is 16.3. The SMILES string of the molecule is CN(C)[C@@H]1C(=O)C(C(N)=O)=C(O)[C@@]2(O)C(=O)C3=C(O)c4c(O)c5c(c(F)c4C[C@H]3C[C@@H]12)[C@H]1NCC[C@@]1(C)CN5. The number of carbonyl (C=O) groups is 3. The van der Waals surface area contributed by atoms with E-state index < -0.39 is 69.6 Å². The number of phenols is 1. The fraction of sp³-hybridized carbons (Fsp3) is 0.519. The van der Waals surface area contributed by atoms with E-state index in [0.717, 1.165) is 6.42 Å². The molecule has 8 N–H and O–H groups in total. The van der Waals surface area contributed by atoms with Crippen molar-refractivity contribution in [3.05, 3.63) is 39.4 Å². The van der Waals surface area contributed by atoms with Crippen LogP contribution in [0.2, 0.25) is 0 Å². The lowest BCUT2D eigenvalue weighted by Crippen LogP contribution is -2.65. The highest BCUT2D eigenvalue weighted by atomic mass is 19.1. The number of amides is 1. The largest absolute Gasteiger partial charge is 0.508 e. The number of carbonyl (C=O) groups excluding carboxylic acids is 3. The molecule has 6 atom stereocenters. The Morgan fingerprint density at radius 2 is 1.90 bits per heavy atom. The van der Waals surface area contributed by atoms with Crippen LogP contribution in [-0.4, -0.2) is 81.6 Å². The lowest BCUT2D eigenvalue weighted by Gasteiger charge is -2.50. The number of nitrogens with zero attached hydrogens (tertiary/aromatic N) is 1. The molecule has 0 bridgehead atoms. The molecular formula is C27H31FN4O7. The Labute approximate surface area is 223 Å². The Morgan fingerprint density at radius 3 is 2.54 bits per heavy atom. The number of anilines is 1. The molecule has 1 aromatic rings. The van der Waals surface area contributed by atoms with Crippen molar-refractivity contribution in [2.45, 2.75) is 43.9 Å². The number of fused-ring (bicyclic) bond motifs is 6. The summed E-state index contributed by atoms with van der Waals surface area (Å²) in [7, 11) is 3.05. The molecular weight excluding hydrogens is 511 g/mol. The van der Waals surface area contributed by atoms with E-state index in [4.69, 9.17) is 5.73 Å². The summed E-state index contributed by atoms with van der Waals surface area (Å²) in [6.07, 6.45) is 0.615. The van der Waals surface area contributed by atoms with Gasteiger partial charge in [0, 0.05) is 40.6 Å². The second kappa shape index (κ2) is 8.03. The van der Waals surface area contributed by atoms with Crippen LogP contribution in [0.4, 0.5) is 10.1 Å². The van der Waals surface area contributed by atoms with E-state index in [1.54, 1.807) is 0 Å². The van der Waals surface area contributed by atoms with Crippen molar-refractivity contribution in [3.8, 4) is 5.75 Å². The standard InChI is InChI=1S/C27H31FN4O7/c1-26-4-5-30-22(26)14-16(28)10-6-9-7-11-18(32(2)3)21(35)15(25(29)38)24(37)27(11,39)23(36)12(9)19(33)13(10)20(34)17(14)31-8-26/h9,11,18,22,30-31,33-34,37,39H,4-8H2,1-3H3,(H2,29,38)/t9-,11-,18-,22+,26-,27-/m0/s1. The van der Waals surface area contributed by atoms with Crippen LogP contribution in [0.25, 0.3) is 5.76 Å². The van der Waals surface area contributed by atoms with Gasteiger partial charge < -0.3 is 36.8 Å². The van der Waals surface area contributed by atoms with Gasteiger partial charge in [0.25, 0.3) is 5.91 Å². The van der Waals surface area contributed by atoms with Gasteiger partial charge in [-0.05, 0) is 45.8 Å². The molecule has 1 amide bonds. The topological polar surface area (TPSA) is 185 Å². The summed E-state index contributed by atoms with van der Waals surface area (Å²) in [5.41, 5.74) is 1.32. The molecule has 11 nitrogen and oxygen atoms in total. The van der Waals surface area contributed by atoms with Crippen LogP contribution in [0.15, 0.2) is 16.9 Å². The zero-order valence-electron chi connectivity index (χ0n) is 21.8. The molecule has 6 rings (SSSR count). The van der Waals surface area contributed by atoms with Crippen LogP contribution in [-0.2, 0) is 20.8 Å². The van der Waals surface area contributed by atoms with E-state index in [-0.39, 0.29) is 52.2 Å². The molecule has 0 aromatic heterocycles. The number of aromatic hydroxyl groups is 1. The molecule has 39 heavy (non-hydrogen) atoms. The number of benzene rings is 1. The Bertz CT molecular complexity index is 1450. The molecule has 1 saturated heterocycles. The normalized spacial score (nSPS) is 35.2. The van der Waals surface area contributed by atoms with Crippen LogP contribution in [0, 0.1) is 23.1 Å². The molecule has 2 aliphatic heterocycles. The number of phenolic OH excluding ortho intramolecular Hbond substituents is 1. The van der Waals surface area contributed by atoms with Gasteiger partial charge in [0.2, 0.25) is 5.78 Å². The van der Waals surface area contributed by atoms with Gasteiger partial charge in [-0.2, -0.15) is 0 Å². The maximum atomic E-state index is 16.3. The molecule has 5 aliphatic rings. The number of nitrogens with two attached hydrogens (primary N) is 1. The molecule has 3 aliphatic carbocycles. The highest BCUT2D eigenvalue weighted by molar-refractivity contribution is 6.24. The average molecular weight is 543 g/mol.